The molecule has 3 aliphatic heterocycles. The van der Waals surface area contributed by atoms with E-state index in [1.807, 2.05) is 0 Å². The lowest BCUT2D eigenvalue weighted by molar-refractivity contribution is -0.138. The molecule has 5 nitrogen and oxygen atoms in total. The first kappa shape index (κ1) is 21.0. The zero-order chi connectivity index (χ0) is 14.5. The van der Waals surface area contributed by atoms with E-state index < -0.39 is 0 Å². The van der Waals surface area contributed by atoms with E-state index in [1.165, 1.54) is 45.4 Å². The average molecular weight is 367 g/mol. The number of likely N-dealkylation sites (tertiary alicyclic amines) is 1. The van der Waals surface area contributed by atoms with Crippen LogP contribution in [0.25, 0.3) is 0 Å². The molecule has 7 heteroatoms. The number of hydrogen-bond acceptors (Lipinski definition) is 4. The second-order valence-corrected chi connectivity index (χ2v) is 6.87. The van der Waals surface area contributed by atoms with Crippen molar-refractivity contribution in [3.63, 3.8) is 0 Å². The maximum atomic E-state index is 12.7. The van der Waals surface area contributed by atoms with Gasteiger partial charge in [-0.1, -0.05) is 0 Å². The van der Waals surface area contributed by atoms with Gasteiger partial charge < -0.3 is 20.4 Å². The minimum atomic E-state index is 0. The molecule has 0 saturated carbocycles. The van der Waals surface area contributed by atoms with Crippen LogP contribution in [-0.4, -0.2) is 74.6 Å². The zero-order valence-electron chi connectivity index (χ0n) is 14.0. The van der Waals surface area contributed by atoms with E-state index >= 15 is 0 Å². The molecule has 3 fully saturated rings. The Morgan fingerprint density at radius 1 is 0.913 bits per heavy atom. The summed E-state index contributed by atoms with van der Waals surface area (Å²) >= 11 is 0. The Morgan fingerprint density at radius 3 is 2.26 bits per heavy atom. The summed E-state index contributed by atoms with van der Waals surface area (Å²) in [5.74, 6) is 1.49. The maximum Gasteiger partial charge on any atom is 0.227 e. The molecule has 0 bridgehead atoms. The van der Waals surface area contributed by atoms with Crippen LogP contribution in [0.5, 0.6) is 0 Å². The standard InChI is InChI=1S/C16H30N4O.2ClH/c21-16(20-10-7-18-8-11-20)15-2-1-9-19(13-15)12-14-3-5-17-6-4-14;;/h14-15,17-18H,1-13H2;2*1H. The zero-order valence-corrected chi connectivity index (χ0v) is 15.6. The SMILES string of the molecule is Cl.Cl.O=C(C1CCCN(CC2CCNCC2)C1)N1CCNCC1. The fourth-order valence-electron chi connectivity index (χ4n) is 4.00. The number of halogens is 2. The molecule has 3 saturated heterocycles. The van der Waals surface area contributed by atoms with Crippen LogP contribution in [0.3, 0.4) is 0 Å². The Balaban J connectivity index is 0.00000132. The van der Waals surface area contributed by atoms with E-state index in [2.05, 4.69) is 20.4 Å². The van der Waals surface area contributed by atoms with Crippen LogP contribution >= 0.6 is 24.8 Å². The molecule has 23 heavy (non-hydrogen) atoms. The third kappa shape index (κ3) is 6.05. The van der Waals surface area contributed by atoms with E-state index in [0.29, 0.717) is 5.91 Å². The molecule has 1 amide bonds. The molecule has 0 radical (unpaired) electrons. The summed E-state index contributed by atoms with van der Waals surface area (Å²) in [6.07, 6.45) is 4.87. The van der Waals surface area contributed by atoms with Crippen molar-refractivity contribution in [2.75, 3.05) is 58.9 Å². The van der Waals surface area contributed by atoms with Crippen molar-refractivity contribution in [2.45, 2.75) is 25.7 Å². The first-order chi connectivity index (χ1) is 10.3. The van der Waals surface area contributed by atoms with Crippen LogP contribution in [-0.2, 0) is 4.79 Å². The van der Waals surface area contributed by atoms with Crippen LogP contribution in [0.1, 0.15) is 25.7 Å². The molecule has 0 aromatic carbocycles. The normalized spacial score (nSPS) is 27.0. The summed E-state index contributed by atoms with van der Waals surface area (Å²) in [5, 5.41) is 6.76. The number of carbonyl (C=O) groups excluding carboxylic acids is 1. The van der Waals surface area contributed by atoms with E-state index in [0.717, 1.165) is 45.1 Å². The van der Waals surface area contributed by atoms with Gasteiger partial charge >= 0.3 is 0 Å². The summed E-state index contributed by atoms with van der Waals surface area (Å²) in [6.45, 7) is 9.42. The first-order valence-corrected chi connectivity index (χ1v) is 8.75. The Bertz CT molecular complexity index is 347. The number of hydrogen-bond donors (Lipinski definition) is 2. The van der Waals surface area contributed by atoms with Gasteiger partial charge in [-0.15, -0.1) is 24.8 Å². The number of amides is 1. The molecule has 3 heterocycles. The highest BCUT2D eigenvalue weighted by Crippen LogP contribution is 2.22. The van der Waals surface area contributed by atoms with Gasteiger partial charge in [0.2, 0.25) is 5.91 Å². The third-order valence-corrected chi connectivity index (χ3v) is 5.26. The molecule has 0 aromatic heterocycles. The summed E-state index contributed by atoms with van der Waals surface area (Å²) in [5.41, 5.74) is 0. The second kappa shape index (κ2) is 10.7. The molecular weight excluding hydrogens is 335 g/mol. The van der Waals surface area contributed by atoms with Gasteiger partial charge in [0.1, 0.15) is 0 Å². The van der Waals surface area contributed by atoms with Crippen molar-refractivity contribution in [3.8, 4) is 0 Å². The quantitative estimate of drug-likeness (QED) is 0.781. The number of piperazine rings is 1. The molecule has 1 unspecified atom stereocenters. The average Bonchev–Trinajstić information content (AvgIpc) is 2.56. The lowest BCUT2D eigenvalue weighted by atomic mass is 9.93. The van der Waals surface area contributed by atoms with Crippen molar-refractivity contribution in [2.24, 2.45) is 11.8 Å². The van der Waals surface area contributed by atoms with Gasteiger partial charge in [-0.3, -0.25) is 4.79 Å². The van der Waals surface area contributed by atoms with Crippen LogP contribution in [0.2, 0.25) is 0 Å². The van der Waals surface area contributed by atoms with Gasteiger partial charge in [-0.2, -0.15) is 0 Å². The topological polar surface area (TPSA) is 47.6 Å². The number of piperidine rings is 2. The minimum absolute atomic E-state index is 0. The molecule has 0 aromatic rings. The molecule has 3 aliphatic rings. The monoisotopic (exact) mass is 366 g/mol. The fourth-order valence-corrected chi connectivity index (χ4v) is 4.00. The maximum absolute atomic E-state index is 12.7. The summed E-state index contributed by atoms with van der Waals surface area (Å²) in [6, 6.07) is 0. The van der Waals surface area contributed by atoms with Crippen LogP contribution in [0, 0.1) is 11.8 Å². The highest BCUT2D eigenvalue weighted by Gasteiger charge is 2.30. The Hall–Kier alpha value is -0.0700. The van der Waals surface area contributed by atoms with Crippen LogP contribution < -0.4 is 10.6 Å². The van der Waals surface area contributed by atoms with Gasteiger partial charge in [0, 0.05) is 39.3 Å². The van der Waals surface area contributed by atoms with Gasteiger partial charge in [0.05, 0.1) is 5.92 Å². The van der Waals surface area contributed by atoms with E-state index in [-0.39, 0.29) is 30.7 Å². The predicted molar refractivity (Wildman–Crippen MR) is 98.7 cm³/mol. The summed E-state index contributed by atoms with van der Waals surface area (Å²) in [7, 11) is 0. The Morgan fingerprint density at radius 2 is 1.57 bits per heavy atom. The van der Waals surface area contributed by atoms with Crippen molar-refractivity contribution in [1.82, 2.24) is 20.4 Å². The molecule has 0 spiro atoms. The number of rotatable bonds is 3. The summed E-state index contributed by atoms with van der Waals surface area (Å²) < 4.78 is 0. The minimum Gasteiger partial charge on any atom is -0.340 e. The Kier molecular flexibility index (Phi) is 9.78. The van der Waals surface area contributed by atoms with Gasteiger partial charge in [-0.25, -0.2) is 0 Å². The molecule has 2 N–H and O–H groups in total. The van der Waals surface area contributed by atoms with E-state index in [1.54, 1.807) is 0 Å². The smallest absolute Gasteiger partial charge is 0.227 e. The lowest BCUT2D eigenvalue weighted by Gasteiger charge is -2.38. The molecule has 0 aliphatic carbocycles. The third-order valence-electron chi connectivity index (χ3n) is 5.26. The molecule has 3 rings (SSSR count). The van der Waals surface area contributed by atoms with Crippen molar-refractivity contribution in [3.05, 3.63) is 0 Å². The number of nitrogens with zero attached hydrogens (tertiary/aromatic N) is 2. The van der Waals surface area contributed by atoms with E-state index in [9.17, 15) is 4.79 Å². The van der Waals surface area contributed by atoms with Crippen LogP contribution in [0.4, 0.5) is 0 Å². The van der Waals surface area contributed by atoms with Crippen LogP contribution in [0.15, 0.2) is 0 Å². The highest BCUT2D eigenvalue weighted by atomic mass is 35.5. The number of carbonyl (C=O) groups is 1. The predicted octanol–water partition coefficient (Wildman–Crippen LogP) is 0.973. The Labute approximate surface area is 152 Å². The first-order valence-electron chi connectivity index (χ1n) is 8.75. The van der Waals surface area contributed by atoms with Gasteiger partial charge in [-0.05, 0) is 51.2 Å². The van der Waals surface area contributed by atoms with Crippen molar-refractivity contribution >= 4 is 30.7 Å². The highest BCUT2D eigenvalue weighted by molar-refractivity contribution is 5.85. The molecular formula is C16H32Cl2N4O. The van der Waals surface area contributed by atoms with Crippen molar-refractivity contribution in [1.29, 1.82) is 0 Å². The van der Waals surface area contributed by atoms with Gasteiger partial charge in [0.25, 0.3) is 0 Å². The number of nitrogens with one attached hydrogen (secondary N) is 2. The fraction of sp³-hybridized carbons (Fsp3) is 0.938. The largest absolute Gasteiger partial charge is 0.340 e. The summed E-state index contributed by atoms with van der Waals surface area (Å²) in [4.78, 5) is 17.3. The van der Waals surface area contributed by atoms with Crippen molar-refractivity contribution < 1.29 is 4.79 Å². The van der Waals surface area contributed by atoms with Gasteiger partial charge in [0.15, 0.2) is 0 Å². The lowest BCUT2D eigenvalue weighted by Crippen LogP contribution is -2.51. The van der Waals surface area contributed by atoms with E-state index in [4.69, 9.17) is 0 Å². The second-order valence-electron chi connectivity index (χ2n) is 6.87. The molecule has 1 atom stereocenters. The molecule has 136 valence electrons.